The van der Waals surface area contributed by atoms with E-state index in [0.717, 1.165) is 5.56 Å². The van der Waals surface area contributed by atoms with E-state index in [2.05, 4.69) is 4.72 Å². The Morgan fingerprint density at radius 2 is 1.83 bits per heavy atom. The van der Waals surface area contributed by atoms with Crippen molar-refractivity contribution in [1.29, 1.82) is 0 Å². The molecule has 0 radical (unpaired) electrons. The van der Waals surface area contributed by atoms with Crippen LogP contribution in [0.15, 0.2) is 30.3 Å². The topological polar surface area (TPSA) is 98.5 Å². The zero-order chi connectivity index (χ0) is 17.7. The lowest BCUT2D eigenvalue weighted by Gasteiger charge is -2.46. The molecule has 6 nitrogen and oxygen atoms in total. The van der Waals surface area contributed by atoms with Gasteiger partial charge in [0.25, 0.3) is 0 Å². The maximum atomic E-state index is 12.4. The number of rotatable bonds is 9. The van der Waals surface area contributed by atoms with Crippen LogP contribution in [0.4, 0.5) is 0 Å². The van der Waals surface area contributed by atoms with Crippen LogP contribution in [0.3, 0.4) is 0 Å². The van der Waals surface area contributed by atoms with Gasteiger partial charge in [0.05, 0.1) is 12.4 Å². The number of nitrogens with one attached hydrogen (secondary N) is 1. The predicted molar refractivity (Wildman–Crippen MR) is 90.5 cm³/mol. The summed E-state index contributed by atoms with van der Waals surface area (Å²) in [6, 6.07) is 9.20. The van der Waals surface area contributed by atoms with Gasteiger partial charge < -0.3 is 10.5 Å². The standard InChI is InChI=1S/C16H26N2O4S/c1-5-16(14(17)19,18-23(20,21)6-2)15(3,12-22-4)13-10-8-7-9-11-13/h7-11,18H,5-6,12H2,1-4H3,(H2,17,19). The molecule has 3 N–H and O–H groups in total. The third-order valence-electron chi connectivity index (χ3n) is 4.45. The molecule has 1 aromatic carbocycles. The van der Waals surface area contributed by atoms with E-state index in [1.54, 1.807) is 13.8 Å². The predicted octanol–water partition coefficient (Wildman–Crippen LogP) is 1.16. The van der Waals surface area contributed by atoms with Gasteiger partial charge in [-0.15, -0.1) is 0 Å². The highest BCUT2D eigenvalue weighted by Gasteiger charge is 2.54. The average Bonchev–Trinajstić information content (AvgIpc) is 2.53. The number of amides is 1. The first-order valence-corrected chi connectivity index (χ1v) is 9.20. The molecule has 1 amide bonds. The largest absolute Gasteiger partial charge is 0.384 e. The van der Waals surface area contributed by atoms with Crippen molar-refractivity contribution in [2.24, 2.45) is 5.73 Å². The van der Waals surface area contributed by atoms with Gasteiger partial charge in [0, 0.05) is 12.5 Å². The summed E-state index contributed by atoms with van der Waals surface area (Å²) in [7, 11) is -2.14. The van der Waals surface area contributed by atoms with E-state index >= 15 is 0 Å². The molecule has 2 atom stereocenters. The number of carbonyl (C=O) groups is 1. The Bertz CT molecular complexity index is 633. The molecule has 0 fully saturated rings. The first-order chi connectivity index (χ1) is 10.7. The molecule has 2 unspecified atom stereocenters. The number of benzene rings is 1. The Kier molecular flexibility index (Phi) is 6.33. The van der Waals surface area contributed by atoms with Crippen molar-refractivity contribution in [3.8, 4) is 0 Å². The van der Waals surface area contributed by atoms with E-state index in [4.69, 9.17) is 10.5 Å². The number of methoxy groups -OCH3 is 1. The van der Waals surface area contributed by atoms with E-state index in [9.17, 15) is 13.2 Å². The summed E-state index contributed by atoms with van der Waals surface area (Å²) in [6.07, 6.45) is 0.205. The Morgan fingerprint density at radius 1 is 1.26 bits per heavy atom. The van der Waals surface area contributed by atoms with Gasteiger partial charge >= 0.3 is 0 Å². The van der Waals surface area contributed by atoms with Crippen LogP contribution in [-0.2, 0) is 25.0 Å². The molecule has 0 aliphatic rings. The fraction of sp³-hybridized carbons (Fsp3) is 0.562. The van der Waals surface area contributed by atoms with E-state index < -0.39 is 26.9 Å². The van der Waals surface area contributed by atoms with Crippen molar-refractivity contribution in [1.82, 2.24) is 4.72 Å². The molecule has 130 valence electrons. The zero-order valence-electron chi connectivity index (χ0n) is 14.1. The number of hydrogen-bond donors (Lipinski definition) is 2. The van der Waals surface area contributed by atoms with Crippen LogP contribution >= 0.6 is 0 Å². The van der Waals surface area contributed by atoms with Crippen LogP contribution in [0.1, 0.15) is 32.8 Å². The maximum absolute atomic E-state index is 12.4. The smallest absolute Gasteiger partial charge is 0.239 e. The Labute approximate surface area is 138 Å². The summed E-state index contributed by atoms with van der Waals surface area (Å²) in [5.74, 6) is -0.861. The fourth-order valence-corrected chi connectivity index (χ4v) is 4.10. The van der Waals surface area contributed by atoms with Gasteiger partial charge in [-0.3, -0.25) is 4.79 Å². The normalized spacial score (nSPS) is 17.2. The Hall–Kier alpha value is -1.44. The maximum Gasteiger partial charge on any atom is 0.239 e. The average molecular weight is 342 g/mol. The third-order valence-corrected chi connectivity index (χ3v) is 5.87. The van der Waals surface area contributed by atoms with Crippen LogP contribution in [0.25, 0.3) is 0 Å². The molecular formula is C16H26N2O4S. The number of hydrogen-bond acceptors (Lipinski definition) is 4. The molecule has 0 heterocycles. The Morgan fingerprint density at radius 3 is 2.22 bits per heavy atom. The van der Waals surface area contributed by atoms with Gasteiger partial charge in [-0.25, -0.2) is 8.42 Å². The van der Waals surface area contributed by atoms with Gasteiger partial charge in [0.1, 0.15) is 5.54 Å². The van der Waals surface area contributed by atoms with Crippen LogP contribution in [0.2, 0.25) is 0 Å². The van der Waals surface area contributed by atoms with Crippen molar-refractivity contribution >= 4 is 15.9 Å². The van der Waals surface area contributed by atoms with Crippen LogP contribution in [0, 0.1) is 0 Å². The van der Waals surface area contributed by atoms with Gasteiger partial charge in [-0.2, -0.15) is 4.72 Å². The van der Waals surface area contributed by atoms with Gasteiger partial charge in [-0.05, 0) is 18.9 Å². The monoisotopic (exact) mass is 342 g/mol. The van der Waals surface area contributed by atoms with Crippen molar-refractivity contribution in [2.75, 3.05) is 19.5 Å². The molecule has 1 rings (SSSR count). The SMILES string of the molecule is CCC(NS(=O)(=O)CC)(C(N)=O)C(C)(COC)c1ccccc1. The Balaban J connectivity index is 3.61. The molecule has 0 bridgehead atoms. The minimum Gasteiger partial charge on any atom is -0.384 e. The van der Waals surface area contributed by atoms with Crippen LogP contribution in [-0.4, -0.2) is 39.3 Å². The number of sulfonamides is 1. The number of nitrogens with two attached hydrogens (primary N) is 1. The van der Waals surface area contributed by atoms with E-state index in [0.29, 0.717) is 0 Å². The number of carbonyl (C=O) groups excluding carboxylic acids is 1. The summed E-state index contributed by atoms with van der Waals surface area (Å²) in [6.45, 7) is 5.18. The fourth-order valence-electron chi connectivity index (χ4n) is 2.96. The van der Waals surface area contributed by atoms with Gasteiger partial charge in [-0.1, -0.05) is 44.2 Å². The summed E-state index contributed by atoms with van der Waals surface area (Å²) in [5.41, 5.74) is 4.02. The molecule has 1 aromatic rings. The first-order valence-electron chi connectivity index (χ1n) is 7.55. The molecule has 0 saturated heterocycles. The lowest BCUT2D eigenvalue weighted by Crippen LogP contribution is -2.69. The molecular weight excluding hydrogens is 316 g/mol. The highest BCUT2D eigenvalue weighted by Crippen LogP contribution is 2.38. The summed E-state index contributed by atoms with van der Waals surface area (Å²) in [4.78, 5) is 12.4. The second-order valence-corrected chi connectivity index (χ2v) is 7.77. The quantitative estimate of drug-likeness (QED) is 0.703. The summed E-state index contributed by atoms with van der Waals surface area (Å²) in [5, 5.41) is 0. The second-order valence-electron chi connectivity index (χ2n) is 5.76. The molecule has 0 aliphatic carbocycles. The highest BCUT2D eigenvalue weighted by molar-refractivity contribution is 7.89. The second kappa shape index (κ2) is 7.42. The van der Waals surface area contributed by atoms with Crippen molar-refractivity contribution in [3.63, 3.8) is 0 Å². The lowest BCUT2D eigenvalue weighted by atomic mass is 9.65. The molecule has 0 spiro atoms. The van der Waals surface area contributed by atoms with Gasteiger partial charge in [0.2, 0.25) is 15.9 Å². The van der Waals surface area contributed by atoms with Gasteiger partial charge in [0.15, 0.2) is 0 Å². The third kappa shape index (κ3) is 3.73. The minimum absolute atomic E-state index is 0.139. The lowest BCUT2D eigenvalue weighted by molar-refractivity contribution is -0.127. The molecule has 0 saturated carbocycles. The van der Waals surface area contributed by atoms with Crippen molar-refractivity contribution in [2.45, 2.75) is 38.1 Å². The van der Waals surface area contributed by atoms with Crippen LogP contribution < -0.4 is 10.5 Å². The highest BCUT2D eigenvalue weighted by atomic mass is 32.2. The van der Waals surface area contributed by atoms with Crippen molar-refractivity contribution in [3.05, 3.63) is 35.9 Å². The zero-order valence-corrected chi connectivity index (χ0v) is 14.9. The summed E-state index contributed by atoms with van der Waals surface area (Å²) < 4.78 is 32.3. The first kappa shape index (κ1) is 19.6. The number of ether oxygens (including phenoxy) is 1. The molecule has 0 aliphatic heterocycles. The van der Waals surface area contributed by atoms with E-state index in [1.807, 2.05) is 30.3 Å². The van der Waals surface area contributed by atoms with Crippen LogP contribution in [0.5, 0.6) is 0 Å². The summed E-state index contributed by atoms with van der Waals surface area (Å²) >= 11 is 0. The number of primary amides is 1. The molecule has 7 heteroatoms. The van der Waals surface area contributed by atoms with E-state index in [-0.39, 0.29) is 18.8 Å². The van der Waals surface area contributed by atoms with E-state index in [1.165, 1.54) is 14.0 Å². The molecule has 23 heavy (non-hydrogen) atoms. The van der Waals surface area contributed by atoms with Crippen molar-refractivity contribution < 1.29 is 17.9 Å². The minimum atomic E-state index is -3.65. The molecule has 0 aromatic heterocycles.